The van der Waals surface area contributed by atoms with Crippen LogP contribution in [0.3, 0.4) is 0 Å². The Labute approximate surface area is 246 Å². The van der Waals surface area contributed by atoms with E-state index in [4.69, 9.17) is 9.47 Å². The minimum absolute atomic E-state index is 0.0476. The highest BCUT2D eigenvalue weighted by molar-refractivity contribution is 5.81. The van der Waals surface area contributed by atoms with Gasteiger partial charge < -0.3 is 9.47 Å². The number of allylic oxidation sites excluding steroid dienone is 1. The van der Waals surface area contributed by atoms with Crippen molar-refractivity contribution in [2.75, 3.05) is 19.8 Å². The first kappa shape index (κ1) is 35.2. The summed E-state index contributed by atoms with van der Waals surface area (Å²) in [5, 5.41) is 0. The molecule has 0 aliphatic heterocycles. The van der Waals surface area contributed by atoms with Crippen LogP contribution in [-0.4, -0.2) is 19.8 Å². The molecule has 0 N–H and O–H groups in total. The quantitative estimate of drug-likeness (QED) is 0.176. The predicted octanol–water partition coefficient (Wildman–Crippen LogP) is 11.2. The molecule has 3 aromatic rings. The molecule has 0 spiro atoms. The number of rotatable bonds is 11. The summed E-state index contributed by atoms with van der Waals surface area (Å²) in [6, 6.07) is 24.4. The van der Waals surface area contributed by atoms with Crippen molar-refractivity contribution in [3.63, 3.8) is 0 Å². The summed E-state index contributed by atoms with van der Waals surface area (Å²) in [5.74, 6) is 0.883. The van der Waals surface area contributed by atoms with Gasteiger partial charge in [0.2, 0.25) is 0 Å². The molecule has 0 amide bonds. The van der Waals surface area contributed by atoms with E-state index in [0.717, 1.165) is 57.7 Å². The number of benzene rings is 3. The van der Waals surface area contributed by atoms with Crippen molar-refractivity contribution in [3.05, 3.63) is 107 Å². The molecule has 0 fully saturated rings. The van der Waals surface area contributed by atoms with Crippen molar-refractivity contribution in [1.29, 1.82) is 0 Å². The van der Waals surface area contributed by atoms with Crippen molar-refractivity contribution >= 4 is 0 Å². The number of ether oxygens (including phenoxy) is 2. The smallest absolute Gasteiger partial charge is 0.0885 e. The van der Waals surface area contributed by atoms with Crippen LogP contribution in [0.1, 0.15) is 101 Å². The van der Waals surface area contributed by atoms with Crippen LogP contribution < -0.4 is 0 Å². The van der Waals surface area contributed by atoms with E-state index in [1.54, 1.807) is 0 Å². The van der Waals surface area contributed by atoms with E-state index in [2.05, 4.69) is 108 Å². The first-order valence-electron chi connectivity index (χ1n) is 15.5. The Morgan fingerprint density at radius 3 is 1.77 bits per heavy atom. The molecule has 3 aromatic carbocycles. The van der Waals surface area contributed by atoms with Crippen LogP contribution in [0.5, 0.6) is 0 Å². The Morgan fingerprint density at radius 1 is 0.675 bits per heavy atom. The standard InChI is InChI=1S/C26H34O2.C8H10.2C2H6/c1-5-21(4)28-18-10-16-26(15-9-17-27-6-2)24-12-8-7-11-22(24)23-14-13-20(3)19-25(23)26;1-7-3-5-8(2)6-4-7;2*1-2/h7-8,11-14,19H,4-6,9-10,15-18H2,1-3H3;3-6H,1-2H3;2*1-2H3. The zero-order chi connectivity index (χ0) is 30.0. The van der Waals surface area contributed by atoms with Crippen LogP contribution in [0, 0.1) is 20.8 Å². The van der Waals surface area contributed by atoms with Crippen LogP contribution in [0.4, 0.5) is 0 Å². The molecule has 1 aliphatic carbocycles. The second kappa shape index (κ2) is 19.3. The molecule has 0 aromatic heterocycles. The van der Waals surface area contributed by atoms with Gasteiger partial charge in [-0.15, -0.1) is 0 Å². The van der Waals surface area contributed by atoms with Gasteiger partial charge in [-0.25, -0.2) is 0 Å². The van der Waals surface area contributed by atoms with Crippen LogP contribution >= 0.6 is 0 Å². The van der Waals surface area contributed by atoms with E-state index in [1.165, 1.54) is 38.9 Å². The van der Waals surface area contributed by atoms with Crippen molar-refractivity contribution < 1.29 is 9.47 Å². The Morgan fingerprint density at radius 2 is 1.20 bits per heavy atom. The molecule has 0 saturated carbocycles. The van der Waals surface area contributed by atoms with Crippen LogP contribution in [0.25, 0.3) is 11.1 Å². The third-order valence-corrected chi connectivity index (χ3v) is 7.19. The Balaban J connectivity index is 0.000000561. The summed E-state index contributed by atoms with van der Waals surface area (Å²) < 4.78 is 11.5. The van der Waals surface area contributed by atoms with Crippen molar-refractivity contribution in [3.8, 4) is 11.1 Å². The number of hydrogen-bond acceptors (Lipinski definition) is 2. The van der Waals surface area contributed by atoms with Gasteiger partial charge in [-0.2, -0.15) is 0 Å². The van der Waals surface area contributed by atoms with Gasteiger partial charge in [0, 0.05) is 25.0 Å². The molecule has 0 radical (unpaired) electrons. The number of aryl methyl sites for hydroxylation is 3. The van der Waals surface area contributed by atoms with E-state index < -0.39 is 0 Å². The normalized spacial score (nSPS) is 14.2. The fourth-order valence-corrected chi connectivity index (χ4v) is 5.18. The molecule has 0 heterocycles. The topological polar surface area (TPSA) is 18.5 Å². The first-order valence-corrected chi connectivity index (χ1v) is 15.5. The molecule has 1 atom stereocenters. The summed E-state index contributed by atoms with van der Waals surface area (Å²) in [4.78, 5) is 0. The minimum Gasteiger partial charge on any atom is -0.499 e. The number of hydrogen-bond donors (Lipinski definition) is 0. The third kappa shape index (κ3) is 9.97. The molecule has 1 unspecified atom stereocenters. The van der Waals surface area contributed by atoms with Gasteiger partial charge in [0.05, 0.1) is 12.4 Å². The lowest BCUT2D eigenvalue weighted by molar-refractivity contribution is 0.137. The van der Waals surface area contributed by atoms with Gasteiger partial charge in [0.15, 0.2) is 0 Å². The second-order valence-electron chi connectivity index (χ2n) is 9.98. The Hall–Kier alpha value is -2.84. The van der Waals surface area contributed by atoms with Gasteiger partial charge in [-0.05, 0) is 75.6 Å². The van der Waals surface area contributed by atoms with Crippen LogP contribution in [0.15, 0.2) is 79.1 Å². The lowest BCUT2D eigenvalue weighted by Gasteiger charge is -2.33. The molecule has 2 nitrogen and oxygen atoms in total. The van der Waals surface area contributed by atoms with E-state index in [0.29, 0.717) is 0 Å². The summed E-state index contributed by atoms with van der Waals surface area (Å²) in [5.41, 5.74) is 9.79. The van der Waals surface area contributed by atoms with Gasteiger partial charge >= 0.3 is 0 Å². The van der Waals surface area contributed by atoms with Gasteiger partial charge in [-0.1, -0.05) is 125 Å². The number of fused-ring (bicyclic) bond motifs is 3. The minimum atomic E-state index is 0.0476. The van der Waals surface area contributed by atoms with Crippen molar-refractivity contribution in [2.45, 2.75) is 99.8 Å². The average Bonchev–Trinajstić information content (AvgIpc) is 3.26. The van der Waals surface area contributed by atoms with Crippen molar-refractivity contribution in [1.82, 2.24) is 0 Å². The summed E-state index contributed by atoms with van der Waals surface area (Å²) in [7, 11) is 0. The molecular weight excluding hydrogens is 488 g/mol. The molecular formula is C38H56O2. The molecule has 2 heteroatoms. The van der Waals surface area contributed by atoms with Gasteiger partial charge in [-0.3, -0.25) is 0 Å². The van der Waals surface area contributed by atoms with Crippen LogP contribution in [0.2, 0.25) is 0 Å². The second-order valence-corrected chi connectivity index (χ2v) is 9.98. The summed E-state index contributed by atoms with van der Waals surface area (Å²) >= 11 is 0. The lowest BCUT2D eigenvalue weighted by atomic mass is 9.71. The first-order chi connectivity index (χ1) is 19.4. The molecule has 0 saturated heterocycles. The van der Waals surface area contributed by atoms with Gasteiger partial charge in [0.1, 0.15) is 0 Å². The summed E-state index contributed by atoms with van der Waals surface area (Å²) in [6.07, 6.45) is 5.16. The van der Waals surface area contributed by atoms with Gasteiger partial charge in [0.25, 0.3) is 0 Å². The summed E-state index contributed by atoms with van der Waals surface area (Å²) in [6.45, 7) is 24.9. The van der Waals surface area contributed by atoms with E-state index >= 15 is 0 Å². The maximum Gasteiger partial charge on any atom is 0.0885 e. The monoisotopic (exact) mass is 544 g/mol. The molecule has 4 rings (SSSR count). The predicted molar refractivity (Wildman–Crippen MR) is 176 cm³/mol. The zero-order valence-electron chi connectivity index (χ0n) is 27.0. The van der Waals surface area contributed by atoms with E-state index in [9.17, 15) is 0 Å². The fourth-order valence-electron chi connectivity index (χ4n) is 5.18. The van der Waals surface area contributed by atoms with Crippen LogP contribution in [-0.2, 0) is 14.9 Å². The molecule has 0 bridgehead atoms. The fraction of sp³-hybridized carbons (Fsp3) is 0.474. The maximum atomic E-state index is 5.82. The highest BCUT2D eigenvalue weighted by atomic mass is 16.5. The Bertz CT molecular complexity index is 1090. The highest BCUT2D eigenvalue weighted by Crippen LogP contribution is 2.53. The average molecular weight is 545 g/mol. The lowest BCUT2D eigenvalue weighted by Crippen LogP contribution is -2.26. The van der Waals surface area contributed by atoms with E-state index in [1.807, 2.05) is 27.7 Å². The highest BCUT2D eigenvalue weighted by Gasteiger charge is 2.42. The van der Waals surface area contributed by atoms with E-state index in [-0.39, 0.29) is 5.41 Å². The molecule has 1 aliphatic rings. The van der Waals surface area contributed by atoms with Crippen molar-refractivity contribution in [2.24, 2.45) is 0 Å². The largest absolute Gasteiger partial charge is 0.499 e. The maximum absolute atomic E-state index is 5.82. The molecule has 220 valence electrons. The third-order valence-electron chi connectivity index (χ3n) is 7.19. The SMILES string of the molecule is C=C(CC)OCCCC1(CCCOCC)c2ccccc2-c2ccc(C)cc21.CC.CC.Cc1ccc(C)cc1. The molecule has 40 heavy (non-hydrogen) atoms. The zero-order valence-corrected chi connectivity index (χ0v) is 27.0. The Kier molecular flexibility index (Phi) is 17.0.